The number of halogens is 1. The summed E-state index contributed by atoms with van der Waals surface area (Å²) < 4.78 is 0. The Balaban J connectivity index is 1.68. The highest BCUT2D eigenvalue weighted by atomic mass is 35.5. The van der Waals surface area contributed by atoms with Gasteiger partial charge in [0, 0.05) is 16.5 Å². The van der Waals surface area contributed by atoms with Gasteiger partial charge in [0.25, 0.3) is 0 Å². The first-order chi connectivity index (χ1) is 14.1. The summed E-state index contributed by atoms with van der Waals surface area (Å²) in [5.74, 6) is -0.383. The zero-order valence-electron chi connectivity index (χ0n) is 15.3. The Morgan fingerprint density at radius 1 is 1.03 bits per heavy atom. The van der Waals surface area contributed by atoms with Gasteiger partial charge in [0.1, 0.15) is 11.2 Å². The van der Waals surface area contributed by atoms with Crippen molar-refractivity contribution in [3.63, 3.8) is 0 Å². The fourth-order valence-corrected chi connectivity index (χ4v) is 4.52. The van der Waals surface area contributed by atoms with Crippen molar-refractivity contribution in [2.75, 3.05) is 0 Å². The Hall–Kier alpha value is -3.42. The van der Waals surface area contributed by atoms with Crippen molar-refractivity contribution in [2.24, 2.45) is 5.92 Å². The number of nitrogens with zero attached hydrogens (tertiary/aromatic N) is 2. The Bertz CT molecular complexity index is 1240. The number of aromatic nitrogens is 2. The van der Waals surface area contributed by atoms with E-state index >= 15 is 0 Å². The van der Waals surface area contributed by atoms with Crippen LogP contribution < -0.4 is 0 Å². The van der Waals surface area contributed by atoms with Crippen LogP contribution in [0.3, 0.4) is 0 Å². The highest BCUT2D eigenvalue weighted by Gasteiger charge is 2.72. The molecule has 0 amide bonds. The molecule has 4 aromatic rings. The molecule has 3 aromatic carbocycles. The third-order valence-electron chi connectivity index (χ3n) is 5.72. The first-order valence-corrected chi connectivity index (χ1v) is 9.74. The van der Waals surface area contributed by atoms with Crippen molar-refractivity contribution < 1.29 is 4.79 Å². The second kappa shape index (κ2) is 6.58. The van der Waals surface area contributed by atoms with E-state index in [0.29, 0.717) is 16.4 Å². The molecule has 0 unspecified atom stereocenters. The second-order valence-electron chi connectivity index (χ2n) is 7.32. The van der Waals surface area contributed by atoms with Crippen LogP contribution in [0.1, 0.15) is 27.7 Å². The van der Waals surface area contributed by atoms with E-state index in [9.17, 15) is 10.1 Å². The van der Waals surface area contributed by atoms with Gasteiger partial charge in [-0.25, -0.2) is 4.98 Å². The summed E-state index contributed by atoms with van der Waals surface area (Å²) >= 11 is 6.22. The maximum absolute atomic E-state index is 13.4. The maximum atomic E-state index is 13.4. The summed E-state index contributed by atoms with van der Waals surface area (Å²) in [6, 6.07) is 26.6. The largest absolute Gasteiger partial charge is 0.341 e. The summed E-state index contributed by atoms with van der Waals surface area (Å²) in [6.45, 7) is 0. The van der Waals surface area contributed by atoms with E-state index in [1.54, 1.807) is 18.2 Å². The standard InChI is InChI=1S/C24H16ClN3O/c25-17-10-6-9-16(13-17)20-21(22(29)15-7-2-1-3-8-15)24(20,14-26)23-27-18-11-4-5-12-19(18)28-23/h1-13,20-21H,(H,27,28)/t20-,21+,24-/m0/s1. The van der Waals surface area contributed by atoms with Crippen LogP contribution >= 0.6 is 11.6 Å². The molecule has 1 heterocycles. The maximum Gasteiger partial charge on any atom is 0.168 e. The predicted octanol–water partition coefficient (Wildman–Crippen LogP) is 5.27. The van der Waals surface area contributed by atoms with Gasteiger partial charge in [0.05, 0.1) is 23.0 Å². The van der Waals surface area contributed by atoms with E-state index in [2.05, 4.69) is 16.0 Å². The lowest BCUT2D eigenvalue weighted by molar-refractivity contribution is 0.0959. The molecule has 1 aromatic heterocycles. The van der Waals surface area contributed by atoms with E-state index < -0.39 is 11.3 Å². The van der Waals surface area contributed by atoms with Gasteiger partial charge in [-0.05, 0) is 29.8 Å². The van der Waals surface area contributed by atoms with Crippen LogP contribution in [0.25, 0.3) is 11.0 Å². The quantitative estimate of drug-likeness (QED) is 0.476. The number of nitrogens with one attached hydrogen (secondary N) is 1. The smallest absolute Gasteiger partial charge is 0.168 e. The van der Waals surface area contributed by atoms with E-state index in [-0.39, 0.29) is 11.7 Å². The van der Waals surface area contributed by atoms with Gasteiger partial charge < -0.3 is 4.98 Å². The molecule has 1 saturated carbocycles. The number of carbonyl (C=O) groups excluding carboxylic acids is 1. The molecule has 0 radical (unpaired) electrons. The van der Waals surface area contributed by atoms with Crippen molar-refractivity contribution in [3.8, 4) is 6.07 Å². The van der Waals surface area contributed by atoms with Gasteiger partial charge >= 0.3 is 0 Å². The molecule has 5 rings (SSSR count). The molecule has 0 aliphatic heterocycles. The minimum absolute atomic E-state index is 0.0578. The van der Waals surface area contributed by atoms with E-state index in [4.69, 9.17) is 11.6 Å². The molecule has 1 aliphatic rings. The number of rotatable bonds is 4. The van der Waals surface area contributed by atoms with Crippen molar-refractivity contribution in [1.82, 2.24) is 9.97 Å². The van der Waals surface area contributed by atoms with Crippen LogP contribution in [0.5, 0.6) is 0 Å². The number of H-pyrrole nitrogens is 1. The molecular formula is C24H16ClN3O. The molecule has 5 heteroatoms. The molecular weight excluding hydrogens is 382 g/mol. The Kier molecular flexibility index (Phi) is 4.01. The summed E-state index contributed by atoms with van der Waals surface area (Å²) in [5, 5.41) is 10.9. The van der Waals surface area contributed by atoms with Crippen molar-refractivity contribution >= 4 is 28.4 Å². The predicted molar refractivity (Wildman–Crippen MR) is 112 cm³/mol. The summed E-state index contributed by atoms with van der Waals surface area (Å²) in [6.07, 6.45) is 0. The van der Waals surface area contributed by atoms with Crippen LogP contribution in [0.2, 0.25) is 5.02 Å². The SMILES string of the molecule is N#C[C@@]1(c2nc3ccccc3[nH]2)[C@@H](C(=O)c2ccccc2)[C@@H]1c1cccc(Cl)c1. The first-order valence-electron chi connectivity index (χ1n) is 9.36. The van der Waals surface area contributed by atoms with Crippen LogP contribution in [-0.4, -0.2) is 15.8 Å². The number of hydrogen-bond acceptors (Lipinski definition) is 3. The molecule has 4 nitrogen and oxygen atoms in total. The highest BCUT2D eigenvalue weighted by Crippen LogP contribution is 2.66. The van der Waals surface area contributed by atoms with Crippen LogP contribution in [-0.2, 0) is 5.41 Å². The van der Waals surface area contributed by atoms with Gasteiger partial charge in [-0.15, -0.1) is 0 Å². The molecule has 140 valence electrons. The number of para-hydroxylation sites is 2. The van der Waals surface area contributed by atoms with Crippen LogP contribution in [0, 0.1) is 17.2 Å². The Labute approximate surface area is 172 Å². The number of imidazole rings is 1. The number of nitriles is 1. The fraction of sp³-hybridized carbons (Fsp3) is 0.125. The average molecular weight is 398 g/mol. The molecule has 1 N–H and O–H groups in total. The molecule has 1 fully saturated rings. The zero-order chi connectivity index (χ0) is 20.0. The lowest BCUT2D eigenvalue weighted by Gasteiger charge is -2.06. The highest BCUT2D eigenvalue weighted by molar-refractivity contribution is 6.30. The zero-order valence-corrected chi connectivity index (χ0v) is 16.1. The van der Waals surface area contributed by atoms with E-state index in [1.165, 1.54) is 0 Å². The minimum Gasteiger partial charge on any atom is -0.341 e. The van der Waals surface area contributed by atoms with Crippen LogP contribution in [0.15, 0.2) is 78.9 Å². The second-order valence-corrected chi connectivity index (χ2v) is 7.76. The number of hydrogen-bond donors (Lipinski definition) is 1. The number of fused-ring (bicyclic) bond motifs is 1. The van der Waals surface area contributed by atoms with Crippen molar-refractivity contribution in [3.05, 3.63) is 101 Å². The van der Waals surface area contributed by atoms with Gasteiger partial charge in [-0.3, -0.25) is 4.79 Å². The van der Waals surface area contributed by atoms with Gasteiger partial charge in [-0.1, -0.05) is 66.2 Å². The van der Waals surface area contributed by atoms with E-state index in [1.807, 2.05) is 60.7 Å². The van der Waals surface area contributed by atoms with Gasteiger partial charge in [0.2, 0.25) is 0 Å². The molecule has 3 atom stereocenters. The topological polar surface area (TPSA) is 69.5 Å². The molecule has 0 saturated heterocycles. The van der Waals surface area contributed by atoms with Crippen molar-refractivity contribution in [2.45, 2.75) is 11.3 Å². The monoisotopic (exact) mass is 397 g/mol. The van der Waals surface area contributed by atoms with E-state index in [0.717, 1.165) is 16.6 Å². The normalized spacial score (nSPS) is 22.9. The average Bonchev–Trinajstić information content (AvgIpc) is 3.26. The third-order valence-corrected chi connectivity index (χ3v) is 5.96. The summed E-state index contributed by atoms with van der Waals surface area (Å²) in [4.78, 5) is 21.4. The third kappa shape index (κ3) is 2.66. The van der Waals surface area contributed by atoms with Gasteiger partial charge in [-0.2, -0.15) is 5.26 Å². The van der Waals surface area contributed by atoms with Crippen molar-refractivity contribution in [1.29, 1.82) is 5.26 Å². The Morgan fingerprint density at radius 3 is 2.52 bits per heavy atom. The number of Topliss-reactive ketones (excluding diaryl/α,β-unsaturated/α-hetero) is 1. The summed E-state index contributed by atoms with van der Waals surface area (Å²) in [7, 11) is 0. The molecule has 0 bridgehead atoms. The minimum atomic E-state index is -1.06. The van der Waals surface area contributed by atoms with Crippen LogP contribution in [0.4, 0.5) is 0 Å². The number of carbonyl (C=O) groups is 1. The Morgan fingerprint density at radius 2 is 1.79 bits per heavy atom. The lowest BCUT2D eigenvalue weighted by atomic mass is 9.98. The number of aromatic amines is 1. The molecule has 1 aliphatic carbocycles. The summed E-state index contributed by atoms with van der Waals surface area (Å²) in [5.41, 5.74) is 2.03. The number of benzene rings is 3. The first kappa shape index (κ1) is 17.7. The molecule has 29 heavy (non-hydrogen) atoms. The fourth-order valence-electron chi connectivity index (χ4n) is 4.32. The molecule has 0 spiro atoms. The lowest BCUT2D eigenvalue weighted by Crippen LogP contribution is -2.15. The number of ketones is 1. The van der Waals surface area contributed by atoms with Gasteiger partial charge in [0.15, 0.2) is 5.78 Å².